The molecular weight excluding hydrogens is 392 g/mol. The average molecular weight is 416 g/mol. The van der Waals surface area contributed by atoms with Gasteiger partial charge in [0.25, 0.3) is 5.95 Å². The van der Waals surface area contributed by atoms with Crippen LogP contribution in [0.4, 0.5) is 10.7 Å². The van der Waals surface area contributed by atoms with Crippen molar-refractivity contribution in [2.45, 2.75) is 44.9 Å². The van der Waals surface area contributed by atoms with Crippen LogP contribution >= 0.6 is 0 Å². The smallest absolute Gasteiger partial charge is 0.408 e. The van der Waals surface area contributed by atoms with Crippen molar-refractivity contribution in [2.24, 2.45) is 0 Å². The van der Waals surface area contributed by atoms with E-state index < -0.39 is 30.3 Å². The first kappa shape index (κ1) is 21.2. The summed E-state index contributed by atoms with van der Waals surface area (Å²) in [5.41, 5.74) is 0.769. The maximum absolute atomic E-state index is 12.6. The molecule has 0 bridgehead atoms. The zero-order valence-electron chi connectivity index (χ0n) is 16.4. The number of carboxylic acid groups (broad SMARTS) is 1. The third-order valence-electron chi connectivity index (χ3n) is 4.65. The molecule has 30 heavy (non-hydrogen) atoms. The molecule has 1 aromatic heterocycles. The minimum Gasteiger partial charge on any atom is -0.481 e. The van der Waals surface area contributed by atoms with Crippen LogP contribution in [-0.2, 0) is 27.5 Å². The number of carbonyl (C=O) groups is 3. The Kier molecular flexibility index (Phi) is 7.30. The summed E-state index contributed by atoms with van der Waals surface area (Å²) in [5, 5.41) is 23.4. The van der Waals surface area contributed by atoms with Crippen LogP contribution in [0, 0.1) is 0 Å². The molecule has 1 saturated heterocycles. The number of Topliss-reactive ketones (excluding diaryl/α,β-unsaturated/α-hetero) is 1. The molecule has 2 heterocycles. The van der Waals surface area contributed by atoms with Gasteiger partial charge in [0, 0.05) is 13.1 Å². The number of anilines is 1. The maximum atomic E-state index is 12.6. The van der Waals surface area contributed by atoms with E-state index in [1.54, 1.807) is 24.3 Å². The normalized spacial score (nSPS) is 14.7. The number of carboxylic acids is 1. The number of nitrogens with zero attached hydrogens (tertiary/aromatic N) is 5. The van der Waals surface area contributed by atoms with E-state index in [0.717, 1.165) is 42.7 Å². The molecule has 0 saturated carbocycles. The number of ketones is 1. The number of aliphatic carboxylic acids is 1. The minimum absolute atomic E-state index is 0.00445. The lowest BCUT2D eigenvalue weighted by atomic mass is 10.1. The number of amides is 1. The SMILES string of the molecule is O=C(O)CC(NC(=O)OCc1ccccc1)C(=O)Cn1nnc(N2CCCCC2)n1. The van der Waals surface area contributed by atoms with E-state index in [2.05, 4.69) is 20.7 Å². The second-order valence-corrected chi connectivity index (χ2v) is 6.99. The minimum atomic E-state index is -1.27. The zero-order chi connectivity index (χ0) is 21.3. The van der Waals surface area contributed by atoms with Gasteiger partial charge in [-0.25, -0.2) is 4.79 Å². The molecule has 1 aromatic carbocycles. The first-order valence-electron chi connectivity index (χ1n) is 9.76. The molecule has 3 rings (SSSR count). The van der Waals surface area contributed by atoms with E-state index in [4.69, 9.17) is 9.84 Å². The number of tetrazole rings is 1. The van der Waals surface area contributed by atoms with Gasteiger partial charge in [0.2, 0.25) is 0 Å². The van der Waals surface area contributed by atoms with E-state index in [1.165, 1.54) is 0 Å². The fourth-order valence-electron chi connectivity index (χ4n) is 3.10. The summed E-state index contributed by atoms with van der Waals surface area (Å²) in [7, 11) is 0. The van der Waals surface area contributed by atoms with Gasteiger partial charge in [0.1, 0.15) is 19.2 Å². The summed E-state index contributed by atoms with van der Waals surface area (Å²) in [6.45, 7) is 1.36. The summed E-state index contributed by atoms with van der Waals surface area (Å²) in [6.07, 6.45) is 1.80. The molecule has 1 fully saturated rings. The summed E-state index contributed by atoms with van der Waals surface area (Å²) < 4.78 is 5.07. The molecule has 11 heteroatoms. The lowest BCUT2D eigenvalue weighted by molar-refractivity contribution is -0.139. The first-order chi connectivity index (χ1) is 14.5. The number of benzene rings is 1. The maximum Gasteiger partial charge on any atom is 0.408 e. The Labute approximate surface area is 173 Å². The Balaban J connectivity index is 1.56. The standard InChI is InChI=1S/C19H24N6O5/c26-16(12-25-22-18(21-23-25)24-9-5-2-6-10-24)15(11-17(27)28)20-19(29)30-13-14-7-3-1-4-8-14/h1,3-4,7-8,15H,2,5-6,9-13H2,(H,20,29)(H,27,28). The summed E-state index contributed by atoms with van der Waals surface area (Å²) >= 11 is 0. The molecule has 1 aliphatic heterocycles. The van der Waals surface area contributed by atoms with Gasteiger partial charge >= 0.3 is 12.1 Å². The molecule has 1 aliphatic rings. The van der Waals surface area contributed by atoms with Crippen molar-refractivity contribution >= 4 is 23.8 Å². The second kappa shape index (κ2) is 10.3. The van der Waals surface area contributed by atoms with Crippen molar-refractivity contribution in [3.05, 3.63) is 35.9 Å². The number of hydrogen-bond donors (Lipinski definition) is 2. The van der Waals surface area contributed by atoms with E-state index in [-0.39, 0.29) is 13.2 Å². The zero-order valence-corrected chi connectivity index (χ0v) is 16.4. The largest absolute Gasteiger partial charge is 0.481 e. The Hall–Kier alpha value is -3.50. The van der Waals surface area contributed by atoms with E-state index in [1.807, 2.05) is 11.0 Å². The highest BCUT2D eigenvalue weighted by Gasteiger charge is 2.26. The van der Waals surface area contributed by atoms with Crippen LogP contribution in [0.2, 0.25) is 0 Å². The highest BCUT2D eigenvalue weighted by Crippen LogP contribution is 2.14. The molecule has 0 aliphatic carbocycles. The predicted molar refractivity (Wildman–Crippen MR) is 105 cm³/mol. The number of aromatic nitrogens is 4. The van der Waals surface area contributed by atoms with Gasteiger partial charge in [-0.3, -0.25) is 9.59 Å². The van der Waals surface area contributed by atoms with Gasteiger partial charge in [-0.05, 0) is 30.0 Å². The molecule has 0 radical (unpaired) electrons. The van der Waals surface area contributed by atoms with Crippen LogP contribution in [0.3, 0.4) is 0 Å². The third kappa shape index (κ3) is 6.26. The number of hydrogen-bond acceptors (Lipinski definition) is 8. The number of ether oxygens (including phenoxy) is 1. The monoisotopic (exact) mass is 416 g/mol. The van der Waals surface area contributed by atoms with Crippen LogP contribution in [0.5, 0.6) is 0 Å². The Bertz CT molecular complexity index is 865. The third-order valence-corrected chi connectivity index (χ3v) is 4.65. The quantitative estimate of drug-likeness (QED) is 0.612. The van der Waals surface area contributed by atoms with Crippen LogP contribution in [-0.4, -0.2) is 62.3 Å². The highest BCUT2D eigenvalue weighted by molar-refractivity contribution is 5.90. The molecular formula is C19H24N6O5. The number of rotatable bonds is 9. The van der Waals surface area contributed by atoms with Crippen molar-refractivity contribution in [2.75, 3.05) is 18.0 Å². The van der Waals surface area contributed by atoms with Gasteiger partial charge in [0.15, 0.2) is 5.78 Å². The van der Waals surface area contributed by atoms with Crippen LogP contribution in [0.1, 0.15) is 31.2 Å². The number of nitrogens with one attached hydrogen (secondary N) is 1. The Morgan fingerprint density at radius 3 is 2.57 bits per heavy atom. The second-order valence-electron chi connectivity index (χ2n) is 6.99. The number of carbonyl (C=O) groups excluding carboxylic acids is 2. The molecule has 1 unspecified atom stereocenters. The molecule has 2 N–H and O–H groups in total. The first-order valence-corrected chi connectivity index (χ1v) is 9.76. The number of alkyl carbamates (subject to hydrolysis) is 1. The topological polar surface area (TPSA) is 140 Å². The summed E-state index contributed by atoms with van der Waals surface area (Å²) in [4.78, 5) is 38.8. The Morgan fingerprint density at radius 1 is 1.13 bits per heavy atom. The molecule has 2 aromatic rings. The van der Waals surface area contributed by atoms with E-state index >= 15 is 0 Å². The predicted octanol–water partition coefficient (Wildman–Crippen LogP) is 1.00. The van der Waals surface area contributed by atoms with Crippen LogP contribution in [0.15, 0.2) is 30.3 Å². The van der Waals surface area contributed by atoms with Gasteiger partial charge in [-0.2, -0.15) is 4.80 Å². The van der Waals surface area contributed by atoms with Crippen molar-refractivity contribution < 1.29 is 24.2 Å². The number of piperidine rings is 1. The van der Waals surface area contributed by atoms with Crippen molar-refractivity contribution in [1.29, 1.82) is 0 Å². The van der Waals surface area contributed by atoms with Gasteiger partial charge in [0.05, 0.1) is 6.42 Å². The van der Waals surface area contributed by atoms with Gasteiger partial charge < -0.3 is 20.1 Å². The van der Waals surface area contributed by atoms with Crippen molar-refractivity contribution in [3.63, 3.8) is 0 Å². The van der Waals surface area contributed by atoms with Gasteiger partial charge in [-0.15, -0.1) is 5.10 Å². The summed E-state index contributed by atoms with van der Waals surface area (Å²) in [5.74, 6) is -1.35. The average Bonchev–Trinajstić information content (AvgIpc) is 3.21. The summed E-state index contributed by atoms with van der Waals surface area (Å²) in [6, 6.07) is 7.73. The molecule has 11 nitrogen and oxygen atoms in total. The van der Waals surface area contributed by atoms with E-state index in [9.17, 15) is 14.4 Å². The van der Waals surface area contributed by atoms with Crippen molar-refractivity contribution in [1.82, 2.24) is 25.5 Å². The van der Waals surface area contributed by atoms with Crippen LogP contribution < -0.4 is 10.2 Å². The molecule has 1 amide bonds. The van der Waals surface area contributed by atoms with Crippen molar-refractivity contribution in [3.8, 4) is 0 Å². The lowest BCUT2D eigenvalue weighted by Crippen LogP contribution is -2.44. The molecule has 1 atom stereocenters. The van der Waals surface area contributed by atoms with E-state index in [0.29, 0.717) is 5.95 Å². The highest BCUT2D eigenvalue weighted by atomic mass is 16.5. The fraction of sp³-hybridized carbons (Fsp3) is 0.474. The van der Waals surface area contributed by atoms with Gasteiger partial charge in [-0.1, -0.05) is 35.4 Å². The Morgan fingerprint density at radius 2 is 1.87 bits per heavy atom. The molecule has 0 spiro atoms. The molecule has 160 valence electrons. The fourth-order valence-corrected chi connectivity index (χ4v) is 3.10. The van der Waals surface area contributed by atoms with Crippen LogP contribution in [0.25, 0.3) is 0 Å². The lowest BCUT2D eigenvalue weighted by Gasteiger charge is -2.24.